The second kappa shape index (κ2) is 9.96. The van der Waals surface area contributed by atoms with Gasteiger partial charge in [-0.15, -0.1) is 5.10 Å². The molecule has 0 unspecified atom stereocenters. The van der Waals surface area contributed by atoms with Gasteiger partial charge < -0.3 is 14.8 Å². The normalized spacial score (nSPS) is 12.9. The number of carbonyl (C=O) groups is 2. The minimum Gasteiger partial charge on any atom is -0.497 e. The monoisotopic (exact) mass is 392 g/mol. The van der Waals surface area contributed by atoms with E-state index >= 15 is 0 Å². The number of ether oxygens (including phenoxy) is 2. The Kier molecular flexibility index (Phi) is 7.66. The molecule has 0 aliphatic carbocycles. The number of H-pyrrole nitrogens is 1. The highest BCUT2D eigenvalue weighted by atomic mass is 32.2. The average Bonchev–Trinajstić information content (AvgIpc) is 3.18. The number of thioether (sulfide) groups is 1. The van der Waals surface area contributed by atoms with Crippen LogP contribution in [0.1, 0.15) is 20.3 Å². The maximum absolute atomic E-state index is 12.2. The van der Waals surface area contributed by atoms with Crippen LogP contribution in [0.2, 0.25) is 0 Å². The van der Waals surface area contributed by atoms with E-state index in [-0.39, 0.29) is 17.6 Å². The molecule has 2 atom stereocenters. The maximum atomic E-state index is 12.2. The lowest BCUT2D eigenvalue weighted by Crippen LogP contribution is -2.46. The summed E-state index contributed by atoms with van der Waals surface area (Å²) in [6, 6.07) is 6.75. The summed E-state index contributed by atoms with van der Waals surface area (Å²) in [6.07, 6.45) is 0.749. The van der Waals surface area contributed by atoms with Crippen molar-refractivity contribution in [3.63, 3.8) is 0 Å². The number of nitrogens with zero attached hydrogens (tertiary/aromatic N) is 2. The number of benzene rings is 1. The van der Waals surface area contributed by atoms with Gasteiger partial charge in [0.2, 0.25) is 11.1 Å². The van der Waals surface area contributed by atoms with E-state index in [0.717, 1.165) is 17.7 Å². The number of carbonyl (C=O) groups excluding carboxylic acids is 2. The molecule has 0 aliphatic heterocycles. The molecule has 0 fully saturated rings. The zero-order valence-electron chi connectivity index (χ0n) is 15.8. The first kappa shape index (κ1) is 20.8. The fraction of sp³-hybridized carbons (Fsp3) is 0.444. The summed E-state index contributed by atoms with van der Waals surface area (Å²) in [4.78, 5) is 28.4. The van der Waals surface area contributed by atoms with Crippen LogP contribution in [0, 0.1) is 5.92 Å². The van der Waals surface area contributed by atoms with Crippen LogP contribution in [0.4, 0.5) is 0 Å². The summed E-state index contributed by atoms with van der Waals surface area (Å²) in [7, 11) is 2.92. The predicted octanol–water partition coefficient (Wildman–Crippen LogP) is 2.28. The SMILES string of the molecule is CC[C@H](C)[C@H](NC(=O)CSc1n[nH]c(-c2ccc(OC)cc2)n1)C(=O)OC. The fourth-order valence-electron chi connectivity index (χ4n) is 2.33. The van der Waals surface area contributed by atoms with Crippen molar-refractivity contribution < 1.29 is 19.1 Å². The van der Waals surface area contributed by atoms with E-state index in [9.17, 15) is 9.59 Å². The number of aromatic nitrogens is 3. The smallest absolute Gasteiger partial charge is 0.328 e. The average molecular weight is 392 g/mol. The Hall–Kier alpha value is -2.55. The van der Waals surface area contributed by atoms with Gasteiger partial charge in [-0.05, 0) is 30.2 Å². The highest BCUT2D eigenvalue weighted by molar-refractivity contribution is 7.99. The van der Waals surface area contributed by atoms with E-state index in [4.69, 9.17) is 9.47 Å². The van der Waals surface area contributed by atoms with Crippen molar-refractivity contribution in [2.75, 3.05) is 20.0 Å². The van der Waals surface area contributed by atoms with Gasteiger partial charge in [0.1, 0.15) is 11.8 Å². The Labute approximate surface area is 162 Å². The molecule has 1 aromatic carbocycles. The summed E-state index contributed by atoms with van der Waals surface area (Å²) in [5.41, 5.74) is 0.863. The molecule has 146 valence electrons. The molecule has 0 bridgehead atoms. The van der Waals surface area contributed by atoms with Crippen LogP contribution in [0.3, 0.4) is 0 Å². The van der Waals surface area contributed by atoms with Crippen molar-refractivity contribution in [2.45, 2.75) is 31.5 Å². The third kappa shape index (κ3) is 5.72. The third-order valence-corrected chi connectivity index (χ3v) is 4.99. The van der Waals surface area contributed by atoms with Gasteiger partial charge in [0.25, 0.3) is 0 Å². The summed E-state index contributed by atoms with van der Waals surface area (Å²) in [5.74, 6) is 0.730. The van der Waals surface area contributed by atoms with E-state index in [1.807, 2.05) is 38.1 Å². The van der Waals surface area contributed by atoms with Gasteiger partial charge >= 0.3 is 5.97 Å². The molecule has 1 amide bonds. The van der Waals surface area contributed by atoms with Crippen LogP contribution in [-0.2, 0) is 14.3 Å². The summed E-state index contributed by atoms with van der Waals surface area (Å²) in [5, 5.41) is 10.1. The minimum absolute atomic E-state index is 0.0171. The van der Waals surface area contributed by atoms with Crippen molar-refractivity contribution >= 4 is 23.6 Å². The van der Waals surface area contributed by atoms with Crippen molar-refractivity contribution in [2.24, 2.45) is 5.92 Å². The molecule has 2 N–H and O–H groups in total. The first-order valence-electron chi connectivity index (χ1n) is 8.55. The van der Waals surface area contributed by atoms with Gasteiger partial charge in [-0.3, -0.25) is 9.89 Å². The van der Waals surface area contributed by atoms with Crippen LogP contribution in [0.25, 0.3) is 11.4 Å². The standard InChI is InChI=1S/C18H24N4O4S/c1-5-11(2)15(17(24)26-4)19-14(23)10-27-18-20-16(21-22-18)12-6-8-13(25-3)9-7-12/h6-9,11,15H,5,10H2,1-4H3,(H,19,23)(H,20,21,22)/t11-,15-/m0/s1. The first-order valence-corrected chi connectivity index (χ1v) is 9.53. The van der Waals surface area contributed by atoms with Gasteiger partial charge in [0.15, 0.2) is 5.82 Å². The Balaban J connectivity index is 1.93. The van der Waals surface area contributed by atoms with Gasteiger partial charge in [-0.25, -0.2) is 9.78 Å². The number of methoxy groups -OCH3 is 2. The number of nitrogens with one attached hydrogen (secondary N) is 2. The van der Waals surface area contributed by atoms with Crippen molar-refractivity contribution in [3.05, 3.63) is 24.3 Å². The number of hydrogen-bond acceptors (Lipinski definition) is 7. The Morgan fingerprint density at radius 3 is 2.56 bits per heavy atom. The van der Waals surface area contributed by atoms with Gasteiger partial charge in [0, 0.05) is 5.56 Å². The maximum Gasteiger partial charge on any atom is 0.328 e. The Morgan fingerprint density at radius 2 is 1.96 bits per heavy atom. The van der Waals surface area contributed by atoms with E-state index in [2.05, 4.69) is 20.5 Å². The molecule has 0 spiro atoms. The quantitative estimate of drug-likeness (QED) is 0.498. The van der Waals surface area contributed by atoms with Crippen LogP contribution >= 0.6 is 11.8 Å². The van der Waals surface area contributed by atoms with E-state index < -0.39 is 12.0 Å². The number of hydrogen-bond donors (Lipinski definition) is 2. The molecular weight excluding hydrogens is 368 g/mol. The zero-order chi connectivity index (χ0) is 19.8. The molecule has 8 nitrogen and oxygen atoms in total. The lowest BCUT2D eigenvalue weighted by molar-refractivity contribution is -0.146. The first-order chi connectivity index (χ1) is 13.0. The zero-order valence-corrected chi connectivity index (χ0v) is 16.6. The third-order valence-electron chi connectivity index (χ3n) is 4.15. The summed E-state index contributed by atoms with van der Waals surface area (Å²) in [6.45, 7) is 3.85. The Morgan fingerprint density at radius 1 is 1.26 bits per heavy atom. The highest BCUT2D eigenvalue weighted by Crippen LogP contribution is 2.21. The highest BCUT2D eigenvalue weighted by Gasteiger charge is 2.26. The van der Waals surface area contributed by atoms with Crippen molar-refractivity contribution in [3.8, 4) is 17.1 Å². The van der Waals surface area contributed by atoms with Crippen molar-refractivity contribution in [1.29, 1.82) is 0 Å². The summed E-state index contributed by atoms with van der Waals surface area (Å²) < 4.78 is 9.90. The second-order valence-corrected chi connectivity index (χ2v) is 6.88. The predicted molar refractivity (Wildman–Crippen MR) is 102 cm³/mol. The lowest BCUT2D eigenvalue weighted by atomic mass is 9.99. The van der Waals surface area contributed by atoms with E-state index in [1.165, 1.54) is 18.9 Å². The lowest BCUT2D eigenvalue weighted by Gasteiger charge is -2.21. The molecule has 2 aromatic rings. The topological polar surface area (TPSA) is 106 Å². The largest absolute Gasteiger partial charge is 0.497 e. The molecule has 0 radical (unpaired) electrons. The molecule has 1 heterocycles. The number of aromatic amines is 1. The number of esters is 1. The molecular formula is C18H24N4O4S. The van der Waals surface area contributed by atoms with Gasteiger partial charge in [0.05, 0.1) is 20.0 Å². The number of rotatable bonds is 9. The number of amides is 1. The van der Waals surface area contributed by atoms with Crippen LogP contribution in [-0.4, -0.2) is 53.1 Å². The molecule has 9 heteroatoms. The van der Waals surface area contributed by atoms with Gasteiger partial charge in [-0.1, -0.05) is 32.0 Å². The molecule has 2 rings (SSSR count). The molecule has 1 aromatic heterocycles. The van der Waals surface area contributed by atoms with E-state index in [1.54, 1.807) is 7.11 Å². The molecule has 27 heavy (non-hydrogen) atoms. The van der Waals surface area contributed by atoms with E-state index in [0.29, 0.717) is 11.0 Å². The molecule has 0 aliphatic rings. The van der Waals surface area contributed by atoms with Crippen LogP contribution in [0.15, 0.2) is 29.4 Å². The molecule has 0 saturated heterocycles. The Bertz CT molecular complexity index is 763. The fourth-order valence-corrected chi connectivity index (χ4v) is 2.94. The minimum atomic E-state index is -0.657. The second-order valence-electron chi connectivity index (χ2n) is 5.94. The molecule has 0 saturated carbocycles. The van der Waals surface area contributed by atoms with Gasteiger partial charge in [-0.2, -0.15) is 0 Å². The van der Waals surface area contributed by atoms with Crippen LogP contribution in [0.5, 0.6) is 5.75 Å². The van der Waals surface area contributed by atoms with Crippen LogP contribution < -0.4 is 10.1 Å². The van der Waals surface area contributed by atoms with Crippen molar-refractivity contribution in [1.82, 2.24) is 20.5 Å². The summed E-state index contributed by atoms with van der Waals surface area (Å²) >= 11 is 1.19.